The summed E-state index contributed by atoms with van der Waals surface area (Å²) in [6, 6.07) is 69.4. The summed E-state index contributed by atoms with van der Waals surface area (Å²) >= 11 is 5.47. The first-order valence-electron chi connectivity index (χ1n) is 21.6. The van der Waals surface area contributed by atoms with Gasteiger partial charge in [0.25, 0.3) is 0 Å². The van der Waals surface area contributed by atoms with Gasteiger partial charge in [-0.3, -0.25) is 0 Å². The fourth-order valence-electron chi connectivity index (χ4n) is 9.83. The number of nitrogens with zero attached hydrogens (tertiary/aromatic N) is 4. The van der Waals surface area contributed by atoms with Crippen LogP contribution in [0.15, 0.2) is 194 Å². The zero-order chi connectivity index (χ0) is 42.6. The molecular weight excluding hydrogens is 849 g/mol. The van der Waals surface area contributed by atoms with Crippen LogP contribution in [0.2, 0.25) is 0 Å². The first-order valence-corrected chi connectivity index (χ1v) is 24.1. The molecule has 14 rings (SSSR count). The predicted octanol–water partition coefficient (Wildman–Crippen LogP) is 17.0. The first kappa shape index (κ1) is 36.8. The molecule has 0 fully saturated rings. The molecule has 14 aromatic rings. The first-order chi connectivity index (χ1) is 32.2. The quantitative estimate of drug-likeness (QED) is 0.162. The lowest BCUT2D eigenvalue weighted by Crippen LogP contribution is -2.00. The van der Waals surface area contributed by atoms with Gasteiger partial charge in [-0.1, -0.05) is 152 Å². The fraction of sp³-hybridized carbons (Fsp3) is 0. The van der Waals surface area contributed by atoms with Gasteiger partial charge in [-0.25, -0.2) is 19.9 Å². The van der Waals surface area contributed by atoms with E-state index in [1.165, 1.54) is 71.5 Å². The van der Waals surface area contributed by atoms with Crippen molar-refractivity contribution in [2.75, 3.05) is 0 Å². The maximum Gasteiger partial charge on any atom is 0.164 e. The van der Waals surface area contributed by atoms with Crippen LogP contribution in [0.25, 0.3) is 139 Å². The van der Waals surface area contributed by atoms with Crippen LogP contribution in [-0.2, 0) is 0 Å². The third-order valence-electron chi connectivity index (χ3n) is 12.7. The number of fused-ring (bicyclic) bond motifs is 13. The molecule has 5 heterocycles. The maximum atomic E-state index is 5.36. The van der Waals surface area contributed by atoms with Crippen molar-refractivity contribution in [2.45, 2.75) is 0 Å². The smallest absolute Gasteiger partial charge is 0.164 e. The summed E-state index contributed by atoms with van der Waals surface area (Å²) in [5.74, 6) is 1.96. The van der Waals surface area contributed by atoms with Gasteiger partial charge in [0.05, 0.1) is 11.2 Å². The van der Waals surface area contributed by atoms with Crippen LogP contribution in [-0.4, -0.2) is 19.9 Å². The molecule has 5 aromatic heterocycles. The normalized spacial score (nSPS) is 12.0. The number of aromatic nitrogens is 4. The summed E-state index contributed by atoms with van der Waals surface area (Å²) < 4.78 is 7.45. The van der Waals surface area contributed by atoms with Crippen molar-refractivity contribution < 1.29 is 0 Å². The van der Waals surface area contributed by atoms with Gasteiger partial charge in [0.15, 0.2) is 17.5 Å². The molecule has 0 aliphatic heterocycles. The van der Waals surface area contributed by atoms with Gasteiger partial charge in [-0.05, 0) is 48.0 Å². The zero-order valence-electron chi connectivity index (χ0n) is 34.5. The number of benzene rings is 9. The Morgan fingerprint density at radius 2 is 0.769 bits per heavy atom. The third-order valence-corrected chi connectivity index (χ3v) is 16.2. The molecule has 0 radical (unpaired) electrons. The lowest BCUT2D eigenvalue weighted by atomic mass is 9.92. The van der Waals surface area contributed by atoms with E-state index in [1.54, 1.807) is 22.7 Å². The molecule has 0 saturated heterocycles. The van der Waals surface area contributed by atoms with Gasteiger partial charge in [0.1, 0.15) is 0 Å². The molecule has 0 spiro atoms. The van der Waals surface area contributed by atoms with Crippen LogP contribution in [0.5, 0.6) is 0 Å². The van der Waals surface area contributed by atoms with E-state index in [9.17, 15) is 0 Å². The Kier molecular flexibility index (Phi) is 8.16. The Labute approximate surface area is 384 Å². The summed E-state index contributed by atoms with van der Waals surface area (Å²) in [7, 11) is 0. The van der Waals surface area contributed by atoms with Crippen LogP contribution >= 0.6 is 34.0 Å². The van der Waals surface area contributed by atoms with Crippen molar-refractivity contribution in [3.8, 4) is 56.5 Å². The standard InChI is InChI=1S/C58H32N4S3/c1-2-14-34(15-3-1)54-43-32-42(55-53(39-19-7-11-25-47(39)65-55)52(43)36-16-4-8-22-44(36)59-54)33-28-30-35(31-29-33)56-60-57(40-20-12-26-48-50(40)37-17-5-9-23-45(37)63-48)62-58(61-56)41-21-13-27-49-51(41)38-18-6-10-24-46(38)64-49/h1-32H. The minimum absolute atomic E-state index is 0.636. The molecule has 0 aliphatic carbocycles. The van der Waals surface area contributed by atoms with Gasteiger partial charge in [-0.15, -0.1) is 34.0 Å². The second kappa shape index (κ2) is 14.4. The molecule has 0 aliphatic rings. The van der Waals surface area contributed by atoms with Gasteiger partial charge in [0.2, 0.25) is 0 Å². The van der Waals surface area contributed by atoms with Crippen molar-refractivity contribution >= 4 is 116 Å². The molecule has 302 valence electrons. The number of rotatable bonds is 5. The van der Waals surface area contributed by atoms with Gasteiger partial charge >= 0.3 is 0 Å². The zero-order valence-corrected chi connectivity index (χ0v) is 36.9. The van der Waals surface area contributed by atoms with Crippen LogP contribution in [0, 0.1) is 0 Å². The van der Waals surface area contributed by atoms with E-state index in [0.717, 1.165) is 49.8 Å². The Hall–Kier alpha value is -7.68. The molecule has 0 unspecified atom stereocenters. The summed E-state index contributed by atoms with van der Waals surface area (Å²) in [6.45, 7) is 0. The molecule has 4 nitrogen and oxygen atoms in total. The summed E-state index contributed by atoms with van der Waals surface area (Å²) in [5.41, 5.74) is 8.31. The third kappa shape index (κ3) is 5.73. The van der Waals surface area contributed by atoms with Crippen LogP contribution in [0.3, 0.4) is 0 Å². The molecular formula is C58H32N4S3. The van der Waals surface area contributed by atoms with Crippen molar-refractivity contribution in [3.63, 3.8) is 0 Å². The van der Waals surface area contributed by atoms with Crippen LogP contribution < -0.4 is 0 Å². The van der Waals surface area contributed by atoms with Crippen LogP contribution in [0.4, 0.5) is 0 Å². The highest BCUT2D eigenvalue weighted by Gasteiger charge is 2.22. The Bertz CT molecular complexity index is 4110. The monoisotopic (exact) mass is 880 g/mol. The van der Waals surface area contributed by atoms with Crippen molar-refractivity contribution in [3.05, 3.63) is 194 Å². The molecule has 0 bridgehead atoms. The molecule has 9 aromatic carbocycles. The molecule has 0 amide bonds. The minimum Gasteiger partial charge on any atom is -0.247 e. The average Bonchev–Trinajstić information content (AvgIpc) is 4.08. The number of thiophene rings is 3. The van der Waals surface area contributed by atoms with E-state index in [4.69, 9.17) is 19.9 Å². The Morgan fingerprint density at radius 1 is 0.277 bits per heavy atom. The lowest BCUT2D eigenvalue weighted by Gasteiger charge is -2.15. The highest BCUT2D eigenvalue weighted by Crippen LogP contribution is 2.48. The molecule has 0 saturated carbocycles. The Balaban J connectivity index is 0.999. The van der Waals surface area contributed by atoms with Gasteiger partial charge in [-0.2, -0.15) is 0 Å². The van der Waals surface area contributed by atoms with E-state index >= 15 is 0 Å². The maximum absolute atomic E-state index is 5.36. The van der Waals surface area contributed by atoms with E-state index in [1.807, 2.05) is 11.3 Å². The van der Waals surface area contributed by atoms with Crippen molar-refractivity contribution in [1.82, 2.24) is 19.9 Å². The Morgan fingerprint density at radius 3 is 1.40 bits per heavy atom. The van der Waals surface area contributed by atoms with E-state index in [0.29, 0.717) is 17.5 Å². The predicted molar refractivity (Wildman–Crippen MR) is 278 cm³/mol. The molecule has 65 heavy (non-hydrogen) atoms. The second-order valence-corrected chi connectivity index (χ2v) is 19.6. The average molecular weight is 881 g/mol. The van der Waals surface area contributed by atoms with E-state index in [-0.39, 0.29) is 0 Å². The second-order valence-electron chi connectivity index (χ2n) is 16.4. The largest absolute Gasteiger partial charge is 0.247 e. The fourth-order valence-corrected chi connectivity index (χ4v) is 13.3. The molecule has 0 atom stereocenters. The summed E-state index contributed by atoms with van der Waals surface area (Å²) in [6.07, 6.45) is 0. The van der Waals surface area contributed by atoms with Crippen molar-refractivity contribution in [2.24, 2.45) is 0 Å². The SMILES string of the molecule is c1ccc(-c2nc3ccccc3c3c2cc(-c2ccc(-c4nc(-c5cccc6sc7ccccc7c56)nc(-c5cccc6sc7ccccc7c56)n4)cc2)c2sc4ccccc4c23)cc1. The number of para-hydroxylation sites is 1. The van der Waals surface area contributed by atoms with Crippen LogP contribution in [0.1, 0.15) is 0 Å². The molecule has 7 heteroatoms. The minimum atomic E-state index is 0.636. The summed E-state index contributed by atoms with van der Waals surface area (Å²) in [4.78, 5) is 21.4. The topological polar surface area (TPSA) is 51.6 Å². The van der Waals surface area contributed by atoms with E-state index < -0.39 is 0 Å². The molecule has 0 N–H and O–H groups in total. The highest BCUT2D eigenvalue weighted by atomic mass is 32.1. The van der Waals surface area contributed by atoms with E-state index in [2.05, 4.69) is 194 Å². The van der Waals surface area contributed by atoms with Gasteiger partial charge < -0.3 is 0 Å². The number of hydrogen-bond acceptors (Lipinski definition) is 7. The van der Waals surface area contributed by atoms with Crippen molar-refractivity contribution in [1.29, 1.82) is 0 Å². The van der Waals surface area contributed by atoms with Gasteiger partial charge in [0, 0.05) is 104 Å². The number of hydrogen-bond donors (Lipinski definition) is 0. The summed E-state index contributed by atoms with van der Waals surface area (Å²) in [5, 5.41) is 10.9. The highest BCUT2D eigenvalue weighted by molar-refractivity contribution is 7.27. The lowest BCUT2D eigenvalue weighted by molar-refractivity contribution is 1.08. The number of pyridine rings is 1.